The summed E-state index contributed by atoms with van der Waals surface area (Å²) in [7, 11) is 3.85. The summed E-state index contributed by atoms with van der Waals surface area (Å²) in [5, 5.41) is 17.4. The molecule has 0 spiro atoms. The summed E-state index contributed by atoms with van der Waals surface area (Å²) in [6.45, 7) is 7.07. The molecule has 2 aromatic heterocycles. The fourth-order valence-corrected chi connectivity index (χ4v) is 4.58. The quantitative estimate of drug-likeness (QED) is 0.171. The number of amides is 1. The highest BCUT2D eigenvalue weighted by Crippen LogP contribution is 2.38. The number of ether oxygens (including phenoxy) is 2. The number of carbonyl (C=O) groups is 1. The van der Waals surface area contributed by atoms with Gasteiger partial charge in [0.25, 0.3) is 0 Å². The summed E-state index contributed by atoms with van der Waals surface area (Å²) >= 11 is 6.60. The lowest BCUT2D eigenvalue weighted by atomic mass is 10.0. The van der Waals surface area contributed by atoms with Gasteiger partial charge >= 0.3 is 0 Å². The van der Waals surface area contributed by atoms with E-state index in [0.29, 0.717) is 75.5 Å². The van der Waals surface area contributed by atoms with Gasteiger partial charge in [0, 0.05) is 47.2 Å². The fourth-order valence-electron chi connectivity index (χ4n) is 4.35. The number of hydrogen-bond donors (Lipinski definition) is 2. The Hall–Kier alpha value is -4.65. The molecule has 2 aromatic carbocycles. The molecule has 2 N–H and O–H groups in total. The van der Waals surface area contributed by atoms with E-state index in [1.807, 2.05) is 44.1 Å². The average molecular weight is 599 g/mol. The number of benzene rings is 2. The SMILES string of the molecule is CCOc1cc2nc(C)c(C#N)c(Nc3ccc(OCc4ccc(CC)nc4)c(Cl)c3)c2cc1NC(=O)/C=C/CN(C)C. The van der Waals surface area contributed by atoms with Crippen molar-refractivity contribution >= 4 is 45.5 Å². The number of halogens is 1. The van der Waals surface area contributed by atoms with Crippen molar-refractivity contribution in [3.8, 4) is 17.6 Å². The van der Waals surface area contributed by atoms with Crippen molar-refractivity contribution < 1.29 is 14.3 Å². The molecule has 1 amide bonds. The van der Waals surface area contributed by atoms with Crippen LogP contribution in [-0.4, -0.2) is 48.0 Å². The van der Waals surface area contributed by atoms with Gasteiger partial charge in [0.05, 0.1) is 39.8 Å². The van der Waals surface area contributed by atoms with E-state index in [4.69, 9.17) is 21.1 Å². The smallest absolute Gasteiger partial charge is 0.248 e. The highest BCUT2D eigenvalue weighted by molar-refractivity contribution is 6.32. The van der Waals surface area contributed by atoms with Crippen LogP contribution < -0.4 is 20.1 Å². The summed E-state index contributed by atoms with van der Waals surface area (Å²) in [6.07, 6.45) is 5.93. The van der Waals surface area contributed by atoms with Gasteiger partial charge in [-0.25, -0.2) is 0 Å². The zero-order valence-corrected chi connectivity index (χ0v) is 25.7. The number of fused-ring (bicyclic) bond motifs is 1. The third kappa shape index (κ3) is 8.01. The van der Waals surface area contributed by atoms with Crippen LogP contribution in [0.2, 0.25) is 5.02 Å². The van der Waals surface area contributed by atoms with Crippen LogP contribution >= 0.6 is 11.6 Å². The van der Waals surface area contributed by atoms with Crippen LogP contribution in [0.3, 0.4) is 0 Å². The van der Waals surface area contributed by atoms with Crippen molar-refractivity contribution in [1.82, 2.24) is 14.9 Å². The van der Waals surface area contributed by atoms with Crippen LogP contribution in [0.1, 0.15) is 36.4 Å². The number of rotatable bonds is 12. The van der Waals surface area contributed by atoms with E-state index < -0.39 is 0 Å². The predicted octanol–water partition coefficient (Wildman–Crippen LogP) is 6.80. The average Bonchev–Trinajstić information content (AvgIpc) is 2.97. The van der Waals surface area contributed by atoms with Crippen LogP contribution in [0, 0.1) is 18.3 Å². The highest BCUT2D eigenvalue weighted by atomic mass is 35.5. The Bertz CT molecular complexity index is 1680. The highest BCUT2D eigenvalue weighted by Gasteiger charge is 2.18. The first-order valence-electron chi connectivity index (χ1n) is 14.0. The van der Waals surface area contributed by atoms with Crippen LogP contribution in [0.4, 0.5) is 17.1 Å². The third-order valence-corrected chi connectivity index (χ3v) is 6.82. The minimum absolute atomic E-state index is 0.295. The van der Waals surface area contributed by atoms with Gasteiger partial charge in [-0.1, -0.05) is 30.7 Å². The number of nitriles is 1. The second kappa shape index (κ2) is 14.5. The molecular weight excluding hydrogens is 564 g/mol. The first-order chi connectivity index (χ1) is 20.7. The van der Waals surface area contributed by atoms with Gasteiger partial charge in [-0.05, 0) is 64.7 Å². The summed E-state index contributed by atoms with van der Waals surface area (Å²) in [6, 6.07) is 15.1. The number of pyridine rings is 2. The predicted molar refractivity (Wildman–Crippen MR) is 171 cm³/mol. The lowest BCUT2D eigenvalue weighted by molar-refractivity contribution is -0.111. The largest absolute Gasteiger partial charge is 0.492 e. The fraction of sp³-hybridized carbons (Fsp3) is 0.273. The molecule has 0 aliphatic carbocycles. The van der Waals surface area contributed by atoms with E-state index in [0.717, 1.165) is 17.7 Å². The van der Waals surface area contributed by atoms with E-state index in [1.165, 1.54) is 6.08 Å². The van der Waals surface area contributed by atoms with Gasteiger partial charge in [-0.15, -0.1) is 0 Å². The summed E-state index contributed by atoms with van der Waals surface area (Å²) in [4.78, 5) is 23.7. The first-order valence-corrected chi connectivity index (χ1v) is 14.4. The molecular formula is C33H35ClN6O3. The zero-order valence-electron chi connectivity index (χ0n) is 25.0. The number of likely N-dealkylation sites (N-methyl/N-ethyl adjacent to an activating group) is 1. The van der Waals surface area contributed by atoms with Crippen molar-refractivity contribution in [3.05, 3.63) is 88.4 Å². The molecule has 0 fully saturated rings. The zero-order chi connectivity index (χ0) is 30.9. The Balaban J connectivity index is 1.65. The molecule has 0 atom stereocenters. The summed E-state index contributed by atoms with van der Waals surface area (Å²) in [5.74, 6) is 0.712. The van der Waals surface area contributed by atoms with Crippen LogP contribution in [0.5, 0.6) is 11.5 Å². The van der Waals surface area contributed by atoms with Crippen LogP contribution in [0.25, 0.3) is 10.9 Å². The molecule has 0 bridgehead atoms. The van der Waals surface area contributed by atoms with Crippen molar-refractivity contribution in [2.24, 2.45) is 0 Å². The van der Waals surface area contributed by atoms with E-state index in [9.17, 15) is 10.1 Å². The molecule has 43 heavy (non-hydrogen) atoms. The molecule has 0 unspecified atom stereocenters. The second-order valence-corrected chi connectivity index (χ2v) is 10.5. The van der Waals surface area contributed by atoms with E-state index in [2.05, 4.69) is 33.6 Å². The van der Waals surface area contributed by atoms with Gasteiger partial charge in [0.2, 0.25) is 5.91 Å². The molecule has 0 aliphatic heterocycles. The molecule has 2 heterocycles. The number of carbonyl (C=O) groups excluding carboxylic acids is 1. The molecule has 4 rings (SSSR count). The second-order valence-electron chi connectivity index (χ2n) is 10.1. The molecule has 0 radical (unpaired) electrons. The van der Waals surface area contributed by atoms with E-state index in [1.54, 1.807) is 43.5 Å². The molecule has 0 saturated carbocycles. The van der Waals surface area contributed by atoms with Gasteiger partial charge < -0.3 is 25.0 Å². The number of anilines is 3. The maximum absolute atomic E-state index is 12.7. The Morgan fingerprint density at radius 3 is 2.58 bits per heavy atom. The maximum atomic E-state index is 12.7. The number of hydrogen-bond acceptors (Lipinski definition) is 8. The van der Waals surface area contributed by atoms with Gasteiger partial charge in [-0.2, -0.15) is 5.26 Å². The lowest BCUT2D eigenvalue weighted by Crippen LogP contribution is -2.13. The van der Waals surface area contributed by atoms with Crippen LogP contribution in [0.15, 0.2) is 60.8 Å². The molecule has 0 saturated heterocycles. The minimum atomic E-state index is -0.295. The van der Waals surface area contributed by atoms with E-state index >= 15 is 0 Å². The molecule has 0 aliphatic rings. The van der Waals surface area contributed by atoms with Gasteiger partial charge in [0.1, 0.15) is 24.2 Å². The Kier molecular flexibility index (Phi) is 10.5. The topological polar surface area (TPSA) is 112 Å². The summed E-state index contributed by atoms with van der Waals surface area (Å²) < 4.78 is 11.8. The Morgan fingerprint density at radius 2 is 1.93 bits per heavy atom. The standard InChI is InChI=1S/C33H35ClN6O3/c1-6-23-11-10-22(19-36-23)20-43-30-13-12-24(15-27(30)34)38-33-25-16-29(39-32(41)9-8-14-40(4)5)31(42-7-2)17-28(25)37-21(3)26(33)18-35/h8-13,15-17,19H,6-7,14,20H2,1-5H3,(H,37,38)(H,39,41)/b9-8+. The van der Waals surface area contributed by atoms with Gasteiger partial charge in [-0.3, -0.25) is 14.8 Å². The third-order valence-electron chi connectivity index (χ3n) is 6.52. The maximum Gasteiger partial charge on any atom is 0.248 e. The van der Waals surface area contributed by atoms with Crippen molar-refractivity contribution in [2.75, 3.05) is 37.9 Å². The monoisotopic (exact) mass is 598 g/mol. The van der Waals surface area contributed by atoms with Gasteiger partial charge in [0.15, 0.2) is 0 Å². The molecule has 10 heteroatoms. The Morgan fingerprint density at radius 1 is 1.12 bits per heavy atom. The van der Waals surface area contributed by atoms with E-state index in [-0.39, 0.29) is 5.91 Å². The molecule has 9 nitrogen and oxygen atoms in total. The number of nitrogens with one attached hydrogen (secondary N) is 2. The van der Waals surface area contributed by atoms with Crippen molar-refractivity contribution in [3.63, 3.8) is 0 Å². The molecule has 4 aromatic rings. The van der Waals surface area contributed by atoms with Crippen LogP contribution in [-0.2, 0) is 17.8 Å². The van der Waals surface area contributed by atoms with Crippen molar-refractivity contribution in [2.45, 2.75) is 33.8 Å². The Labute approximate surface area is 257 Å². The number of aryl methyl sites for hydroxylation is 2. The minimum Gasteiger partial charge on any atom is -0.492 e. The lowest BCUT2D eigenvalue weighted by Gasteiger charge is -2.17. The van der Waals surface area contributed by atoms with Crippen molar-refractivity contribution in [1.29, 1.82) is 5.26 Å². The number of nitrogens with zero attached hydrogens (tertiary/aromatic N) is 4. The summed E-state index contributed by atoms with van der Waals surface area (Å²) in [5.41, 5.74) is 5.16. The number of aromatic nitrogens is 2. The first kappa shape index (κ1) is 31.3. The normalized spacial score (nSPS) is 11.1. The molecule has 222 valence electrons.